The van der Waals surface area contributed by atoms with Gasteiger partial charge in [-0.3, -0.25) is 4.79 Å². The molecule has 2 heterocycles. The number of amides is 3. The minimum Gasteiger partial charge on any atom is -0.346 e. The second-order valence-electron chi connectivity index (χ2n) is 7.38. The van der Waals surface area contributed by atoms with Gasteiger partial charge in [-0.15, -0.1) is 12.4 Å². The number of fused-ring (bicyclic) bond motifs is 1. The van der Waals surface area contributed by atoms with Crippen molar-refractivity contribution in [3.05, 3.63) is 0 Å². The summed E-state index contributed by atoms with van der Waals surface area (Å²) in [4.78, 5) is 25.3. The zero-order valence-electron chi connectivity index (χ0n) is 15.5. The van der Waals surface area contributed by atoms with E-state index in [-0.39, 0.29) is 42.5 Å². The maximum Gasteiger partial charge on any atom is 0.315 e. The summed E-state index contributed by atoms with van der Waals surface area (Å²) in [5, 5.41) is 6.45. The maximum absolute atomic E-state index is 12.2. The number of rotatable bonds is 9. The van der Waals surface area contributed by atoms with E-state index in [1.54, 1.807) is 0 Å². The van der Waals surface area contributed by atoms with Gasteiger partial charge in [0.25, 0.3) is 0 Å². The van der Waals surface area contributed by atoms with Crippen molar-refractivity contribution >= 4 is 36.1 Å². The van der Waals surface area contributed by atoms with E-state index in [9.17, 15) is 9.59 Å². The molecule has 2 aliphatic heterocycles. The quantitative estimate of drug-likeness (QED) is 0.413. The predicted molar refractivity (Wildman–Crippen MR) is 106 cm³/mol. The first kappa shape index (κ1) is 22.4. The Kier molecular flexibility index (Phi) is 9.38. The molecule has 0 radical (unpaired) electrons. The number of thioether (sulfide) groups is 1. The SMILES string of the molecule is CC(C)C(N)CCN(C)C(=O)CCCC[C@@H]1SC[C@@H]2NC(=O)N[C@@H]21.Cl. The fourth-order valence-corrected chi connectivity index (χ4v) is 4.80. The molecule has 2 fully saturated rings. The average Bonchev–Trinajstić information content (AvgIpc) is 3.07. The van der Waals surface area contributed by atoms with Gasteiger partial charge < -0.3 is 21.3 Å². The molecule has 0 aromatic heterocycles. The van der Waals surface area contributed by atoms with Gasteiger partial charge in [-0.1, -0.05) is 20.3 Å². The van der Waals surface area contributed by atoms with Gasteiger partial charge in [0.2, 0.25) is 5.91 Å². The van der Waals surface area contributed by atoms with Crippen LogP contribution >= 0.6 is 24.2 Å². The molecular weight excluding hydrogens is 360 g/mol. The highest BCUT2D eigenvalue weighted by Crippen LogP contribution is 2.33. The molecule has 25 heavy (non-hydrogen) atoms. The number of nitrogens with two attached hydrogens (primary N) is 1. The van der Waals surface area contributed by atoms with E-state index in [4.69, 9.17) is 5.73 Å². The molecule has 4 N–H and O–H groups in total. The second-order valence-corrected chi connectivity index (χ2v) is 8.65. The van der Waals surface area contributed by atoms with Crippen molar-refractivity contribution < 1.29 is 9.59 Å². The van der Waals surface area contributed by atoms with Crippen LogP contribution in [0, 0.1) is 5.92 Å². The van der Waals surface area contributed by atoms with E-state index in [1.807, 2.05) is 23.7 Å². The van der Waals surface area contributed by atoms with E-state index in [2.05, 4.69) is 24.5 Å². The Labute approximate surface area is 161 Å². The van der Waals surface area contributed by atoms with Crippen molar-refractivity contribution in [1.29, 1.82) is 0 Å². The Balaban J connectivity index is 0.00000312. The van der Waals surface area contributed by atoms with Gasteiger partial charge in [0.15, 0.2) is 0 Å². The summed E-state index contributed by atoms with van der Waals surface area (Å²) in [5.74, 6) is 1.65. The summed E-state index contributed by atoms with van der Waals surface area (Å²) < 4.78 is 0. The second kappa shape index (κ2) is 10.5. The number of urea groups is 1. The third-order valence-electron chi connectivity index (χ3n) is 5.15. The van der Waals surface area contributed by atoms with Gasteiger partial charge in [-0.2, -0.15) is 11.8 Å². The van der Waals surface area contributed by atoms with Crippen LogP contribution in [0.4, 0.5) is 4.79 Å². The summed E-state index contributed by atoms with van der Waals surface area (Å²) in [6, 6.07) is 0.665. The molecule has 2 rings (SSSR count). The van der Waals surface area contributed by atoms with Gasteiger partial charge in [0, 0.05) is 37.1 Å². The first-order valence-corrected chi connectivity index (χ1v) is 10.1. The smallest absolute Gasteiger partial charge is 0.315 e. The Hall–Kier alpha value is -0.660. The van der Waals surface area contributed by atoms with Crippen LogP contribution in [0.5, 0.6) is 0 Å². The molecule has 0 spiro atoms. The largest absolute Gasteiger partial charge is 0.346 e. The van der Waals surface area contributed by atoms with Gasteiger partial charge in [0.1, 0.15) is 0 Å². The lowest BCUT2D eigenvalue weighted by atomic mass is 10.0. The standard InChI is InChI=1S/C17H32N4O2S.ClH/c1-11(2)12(18)8-9-21(3)15(22)7-5-4-6-14-16-13(10-24-14)19-17(23)20-16;/h11-14,16H,4-10,18H2,1-3H3,(H2,19,20,23);1H/t12?,13-,14-,16-;/m0./s1. The summed E-state index contributed by atoms with van der Waals surface area (Å²) in [5.41, 5.74) is 6.03. The number of hydrogen-bond donors (Lipinski definition) is 3. The van der Waals surface area contributed by atoms with Gasteiger partial charge >= 0.3 is 6.03 Å². The summed E-state index contributed by atoms with van der Waals surface area (Å²) in [7, 11) is 1.87. The molecule has 2 aliphatic rings. The first-order chi connectivity index (χ1) is 11.4. The van der Waals surface area contributed by atoms with Crippen molar-refractivity contribution in [2.24, 2.45) is 11.7 Å². The number of carbonyl (C=O) groups is 2. The van der Waals surface area contributed by atoms with Crippen molar-refractivity contribution in [3.8, 4) is 0 Å². The van der Waals surface area contributed by atoms with Crippen LogP contribution in [0.3, 0.4) is 0 Å². The number of nitrogens with zero attached hydrogens (tertiary/aromatic N) is 1. The zero-order chi connectivity index (χ0) is 17.7. The van der Waals surface area contributed by atoms with Crippen LogP contribution in [0.2, 0.25) is 0 Å². The number of halogens is 1. The fourth-order valence-electron chi connectivity index (χ4n) is 3.26. The zero-order valence-corrected chi connectivity index (χ0v) is 17.1. The van der Waals surface area contributed by atoms with Crippen molar-refractivity contribution in [3.63, 3.8) is 0 Å². The normalized spacial score (nSPS) is 25.8. The highest BCUT2D eigenvalue weighted by molar-refractivity contribution is 8.00. The Morgan fingerprint density at radius 1 is 1.36 bits per heavy atom. The number of hydrogen-bond acceptors (Lipinski definition) is 4. The van der Waals surface area contributed by atoms with Crippen LogP contribution in [-0.4, -0.2) is 59.6 Å². The molecule has 0 bridgehead atoms. The monoisotopic (exact) mass is 392 g/mol. The molecule has 1 unspecified atom stereocenters. The Morgan fingerprint density at radius 3 is 2.76 bits per heavy atom. The van der Waals surface area contributed by atoms with Crippen LogP contribution in [0.1, 0.15) is 46.0 Å². The van der Waals surface area contributed by atoms with Crippen LogP contribution < -0.4 is 16.4 Å². The summed E-state index contributed by atoms with van der Waals surface area (Å²) in [6.45, 7) is 4.96. The number of unbranched alkanes of at least 4 members (excludes halogenated alkanes) is 1. The third kappa shape index (κ3) is 6.53. The summed E-state index contributed by atoms with van der Waals surface area (Å²) in [6.07, 6.45) is 4.46. The molecule has 2 saturated heterocycles. The van der Waals surface area contributed by atoms with Crippen molar-refractivity contribution in [1.82, 2.24) is 15.5 Å². The number of carbonyl (C=O) groups excluding carboxylic acids is 2. The molecule has 8 heteroatoms. The summed E-state index contributed by atoms with van der Waals surface area (Å²) >= 11 is 1.93. The molecule has 4 atom stereocenters. The molecule has 0 aliphatic carbocycles. The Morgan fingerprint density at radius 2 is 2.08 bits per heavy atom. The topological polar surface area (TPSA) is 87.5 Å². The van der Waals surface area contributed by atoms with Crippen LogP contribution in [0.15, 0.2) is 0 Å². The van der Waals surface area contributed by atoms with Gasteiger partial charge in [-0.05, 0) is 25.2 Å². The molecule has 3 amide bonds. The fraction of sp³-hybridized carbons (Fsp3) is 0.882. The highest BCUT2D eigenvalue weighted by atomic mass is 35.5. The number of nitrogens with one attached hydrogen (secondary N) is 2. The maximum atomic E-state index is 12.2. The van der Waals surface area contributed by atoms with Gasteiger partial charge in [-0.25, -0.2) is 4.79 Å². The van der Waals surface area contributed by atoms with Crippen LogP contribution in [-0.2, 0) is 4.79 Å². The molecule has 6 nitrogen and oxygen atoms in total. The van der Waals surface area contributed by atoms with E-state index >= 15 is 0 Å². The molecule has 146 valence electrons. The van der Waals surface area contributed by atoms with Crippen LogP contribution in [0.25, 0.3) is 0 Å². The molecule has 0 aromatic carbocycles. The molecule has 0 aromatic rings. The Bertz CT molecular complexity index is 452. The van der Waals surface area contributed by atoms with Crippen molar-refractivity contribution in [2.45, 2.75) is 69.3 Å². The van der Waals surface area contributed by atoms with E-state index in [0.717, 1.165) is 38.0 Å². The lowest BCUT2D eigenvalue weighted by molar-refractivity contribution is -0.130. The lowest BCUT2D eigenvalue weighted by Crippen LogP contribution is -2.36. The van der Waals surface area contributed by atoms with Gasteiger partial charge in [0.05, 0.1) is 12.1 Å². The van der Waals surface area contributed by atoms with Crippen molar-refractivity contribution in [2.75, 3.05) is 19.3 Å². The highest BCUT2D eigenvalue weighted by Gasteiger charge is 2.42. The predicted octanol–water partition coefficient (Wildman–Crippen LogP) is 1.97. The lowest BCUT2D eigenvalue weighted by Gasteiger charge is -2.22. The third-order valence-corrected chi connectivity index (χ3v) is 6.66. The first-order valence-electron chi connectivity index (χ1n) is 9.06. The minimum absolute atomic E-state index is 0. The van der Waals surface area contributed by atoms with E-state index < -0.39 is 0 Å². The molecular formula is C17H33ClN4O2S. The van der Waals surface area contributed by atoms with E-state index in [0.29, 0.717) is 17.6 Å². The minimum atomic E-state index is -0.0355. The average molecular weight is 393 g/mol. The van der Waals surface area contributed by atoms with E-state index in [1.165, 1.54) is 0 Å². The molecule has 0 saturated carbocycles.